The zero-order valence-corrected chi connectivity index (χ0v) is 12.7. The Kier molecular flexibility index (Phi) is 5.45. The Morgan fingerprint density at radius 3 is 2.83 bits per heavy atom. The van der Waals surface area contributed by atoms with Gasteiger partial charge in [0, 0.05) is 10.5 Å². The highest BCUT2D eigenvalue weighted by Crippen LogP contribution is 2.23. The van der Waals surface area contributed by atoms with E-state index in [0.717, 1.165) is 6.54 Å². The van der Waals surface area contributed by atoms with E-state index in [-0.39, 0.29) is 0 Å². The quantitative estimate of drug-likeness (QED) is 0.756. The molecule has 0 saturated carbocycles. The van der Waals surface area contributed by atoms with Crippen LogP contribution in [-0.2, 0) is 0 Å². The maximum atomic E-state index is 3.62. The van der Waals surface area contributed by atoms with Crippen LogP contribution in [0.2, 0.25) is 0 Å². The van der Waals surface area contributed by atoms with Crippen LogP contribution in [0.1, 0.15) is 50.6 Å². The third kappa shape index (κ3) is 3.96. The van der Waals surface area contributed by atoms with Crippen molar-refractivity contribution in [2.75, 3.05) is 6.54 Å². The van der Waals surface area contributed by atoms with Gasteiger partial charge in [0.05, 0.1) is 0 Å². The van der Waals surface area contributed by atoms with Crippen LogP contribution < -0.4 is 5.32 Å². The van der Waals surface area contributed by atoms with Crippen molar-refractivity contribution in [1.29, 1.82) is 0 Å². The van der Waals surface area contributed by atoms with E-state index in [9.17, 15) is 0 Å². The number of benzene rings is 1. The van der Waals surface area contributed by atoms with Crippen molar-refractivity contribution >= 4 is 15.9 Å². The molecule has 18 heavy (non-hydrogen) atoms. The van der Waals surface area contributed by atoms with E-state index < -0.39 is 0 Å². The molecule has 1 aromatic carbocycles. The van der Waals surface area contributed by atoms with E-state index in [1.165, 1.54) is 42.1 Å². The fourth-order valence-electron chi connectivity index (χ4n) is 2.52. The number of allylic oxidation sites excluding steroid dienone is 1. The lowest BCUT2D eigenvalue weighted by Gasteiger charge is -2.17. The van der Waals surface area contributed by atoms with Gasteiger partial charge in [0.2, 0.25) is 0 Å². The molecule has 1 aliphatic carbocycles. The van der Waals surface area contributed by atoms with Crippen molar-refractivity contribution in [3.8, 4) is 0 Å². The molecule has 1 aromatic rings. The number of hydrogen-bond donors (Lipinski definition) is 1. The van der Waals surface area contributed by atoms with Crippen LogP contribution in [0.25, 0.3) is 0 Å². The molecule has 1 nitrogen and oxygen atoms in total. The standard InChI is InChI=1S/C16H22BrN/c1-13(15-9-5-6-10-16(15)17)18-12-11-14-7-3-2-4-8-14/h5-7,9-10,13,18H,2-4,8,11-12H2,1H3. The molecule has 0 heterocycles. The van der Waals surface area contributed by atoms with Gasteiger partial charge in [-0.1, -0.05) is 45.8 Å². The fourth-order valence-corrected chi connectivity index (χ4v) is 3.15. The van der Waals surface area contributed by atoms with Crippen LogP contribution in [0.3, 0.4) is 0 Å². The van der Waals surface area contributed by atoms with E-state index in [4.69, 9.17) is 0 Å². The highest BCUT2D eigenvalue weighted by molar-refractivity contribution is 9.10. The van der Waals surface area contributed by atoms with E-state index in [1.54, 1.807) is 5.57 Å². The Bertz CT molecular complexity index is 411. The zero-order chi connectivity index (χ0) is 12.8. The van der Waals surface area contributed by atoms with Crippen molar-refractivity contribution in [2.24, 2.45) is 0 Å². The molecular formula is C16H22BrN. The second-order valence-electron chi connectivity index (χ2n) is 5.06. The average molecular weight is 308 g/mol. The SMILES string of the molecule is CC(NCCC1=CCCCC1)c1ccccc1Br. The molecule has 98 valence electrons. The molecule has 1 N–H and O–H groups in total. The predicted octanol–water partition coefficient (Wildman–Crippen LogP) is 4.99. The Labute approximate surface area is 119 Å². The molecule has 0 bridgehead atoms. The number of hydrogen-bond acceptors (Lipinski definition) is 1. The second kappa shape index (κ2) is 7.10. The fraction of sp³-hybridized carbons (Fsp3) is 0.500. The summed E-state index contributed by atoms with van der Waals surface area (Å²) in [5, 5.41) is 3.62. The molecule has 0 aromatic heterocycles. The second-order valence-corrected chi connectivity index (χ2v) is 5.91. The molecule has 2 rings (SSSR count). The Morgan fingerprint density at radius 2 is 2.11 bits per heavy atom. The smallest absolute Gasteiger partial charge is 0.0303 e. The summed E-state index contributed by atoms with van der Waals surface area (Å²) in [5.74, 6) is 0. The van der Waals surface area contributed by atoms with Gasteiger partial charge < -0.3 is 5.32 Å². The summed E-state index contributed by atoms with van der Waals surface area (Å²) in [7, 11) is 0. The van der Waals surface area contributed by atoms with Gasteiger partial charge in [0.1, 0.15) is 0 Å². The molecule has 2 heteroatoms. The van der Waals surface area contributed by atoms with Gasteiger partial charge in [-0.3, -0.25) is 0 Å². The van der Waals surface area contributed by atoms with Gasteiger partial charge in [0.15, 0.2) is 0 Å². The van der Waals surface area contributed by atoms with Crippen molar-refractivity contribution in [1.82, 2.24) is 5.32 Å². The summed E-state index contributed by atoms with van der Waals surface area (Å²) in [6.45, 7) is 3.31. The van der Waals surface area contributed by atoms with Crippen molar-refractivity contribution < 1.29 is 0 Å². The minimum atomic E-state index is 0.407. The Balaban J connectivity index is 1.80. The zero-order valence-electron chi connectivity index (χ0n) is 11.1. The van der Waals surface area contributed by atoms with Crippen molar-refractivity contribution in [3.63, 3.8) is 0 Å². The van der Waals surface area contributed by atoms with Crippen LogP contribution in [0.5, 0.6) is 0 Å². The van der Waals surface area contributed by atoms with Gasteiger partial charge >= 0.3 is 0 Å². The first-order valence-corrected chi connectivity index (χ1v) is 7.72. The largest absolute Gasteiger partial charge is 0.310 e. The highest BCUT2D eigenvalue weighted by atomic mass is 79.9. The summed E-state index contributed by atoms with van der Waals surface area (Å²) in [6.07, 6.45) is 9.00. The lowest BCUT2D eigenvalue weighted by atomic mass is 9.97. The molecule has 0 radical (unpaired) electrons. The van der Waals surface area contributed by atoms with Gasteiger partial charge in [-0.15, -0.1) is 0 Å². The van der Waals surface area contributed by atoms with E-state index in [2.05, 4.69) is 58.5 Å². The summed E-state index contributed by atoms with van der Waals surface area (Å²) >= 11 is 3.61. The molecule has 0 aliphatic heterocycles. The highest BCUT2D eigenvalue weighted by Gasteiger charge is 2.08. The summed E-state index contributed by atoms with van der Waals surface area (Å²) in [4.78, 5) is 0. The minimum Gasteiger partial charge on any atom is -0.310 e. The number of nitrogens with one attached hydrogen (secondary N) is 1. The molecule has 0 spiro atoms. The number of rotatable bonds is 5. The van der Waals surface area contributed by atoms with Gasteiger partial charge in [0.25, 0.3) is 0 Å². The third-order valence-corrected chi connectivity index (χ3v) is 4.38. The molecule has 1 aliphatic rings. The molecule has 0 fully saturated rings. The monoisotopic (exact) mass is 307 g/mol. The minimum absolute atomic E-state index is 0.407. The van der Waals surface area contributed by atoms with Crippen molar-refractivity contribution in [2.45, 2.75) is 45.1 Å². The van der Waals surface area contributed by atoms with E-state index in [0.29, 0.717) is 6.04 Å². The van der Waals surface area contributed by atoms with Crippen LogP contribution in [-0.4, -0.2) is 6.54 Å². The van der Waals surface area contributed by atoms with Crippen LogP contribution in [0.4, 0.5) is 0 Å². The van der Waals surface area contributed by atoms with Gasteiger partial charge in [-0.25, -0.2) is 0 Å². The average Bonchev–Trinajstić information content (AvgIpc) is 2.40. The molecule has 1 unspecified atom stereocenters. The van der Waals surface area contributed by atoms with Gasteiger partial charge in [-0.05, 0) is 57.2 Å². The van der Waals surface area contributed by atoms with Crippen LogP contribution in [0, 0.1) is 0 Å². The first-order chi connectivity index (χ1) is 8.77. The Hall–Kier alpha value is -0.600. The van der Waals surface area contributed by atoms with Gasteiger partial charge in [-0.2, -0.15) is 0 Å². The molecule has 0 amide bonds. The third-order valence-electron chi connectivity index (χ3n) is 3.65. The maximum absolute atomic E-state index is 3.62. The lowest BCUT2D eigenvalue weighted by molar-refractivity contribution is 0.561. The first kappa shape index (κ1) is 13.8. The predicted molar refractivity (Wildman–Crippen MR) is 81.7 cm³/mol. The summed E-state index contributed by atoms with van der Waals surface area (Å²) in [5.41, 5.74) is 2.99. The van der Waals surface area contributed by atoms with Crippen LogP contribution >= 0.6 is 15.9 Å². The molecule has 1 atom stereocenters. The van der Waals surface area contributed by atoms with Crippen molar-refractivity contribution in [3.05, 3.63) is 46.0 Å². The summed E-state index contributed by atoms with van der Waals surface area (Å²) in [6, 6.07) is 8.86. The first-order valence-electron chi connectivity index (χ1n) is 6.93. The molecular weight excluding hydrogens is 286 g/mol. The van der Waals surface area contributed by atoms with E-state index in [1.807, 2.05) is 0 Å². The molecule has 0 saturated heterocycles. The van der Waals surface area contributed by atoms with Crippen LogP contribution in [0.15, 0.2) is 40.4 Å². The normalized spacial score (nSPS) is 17.3. The lowest BCUT2D eigenvalue weighted by Crippen LogP contribution is -2.20. The topological polar surface area (TPSA) is 12.0 Å². The number of halogens is 1. The summed E-state index contributed by atoms with van der Waals surface area (Å²) < 4.78 is 1.20. The van der Waals surface area contributed by atoms with E-state index >= 15 is 0 Å². The Morgan fingerprint density at radius 1 is 1.28 bits per heavy atom. The maximum Gasteiger partial charge on any atom is 0.0303 e.